The first-order chi connectivity index (χ1) is 9.42. The molecule has 1 N–H and O–H groups in total. The number of nitrogens with zero attached hydrogens (tertiary/aromatic N) is 2. The zero-order valence-electron chi connectivity index (χ0n) is 10.6. The first kappa shape index (κ1) is 11.7. The highest BCUT2D eigenvalue weighted by Crippen LogP contribution is 2.19. The molecule has 2 aromatic rings. The van der Waals surface area contributed by atoms with Crippen molar-refractivity contribution in [3.63, 3.8) is 0 Å². The van der Waals surface area contributed by atoms with E-state index in [0.717, 1.165) is 35.7 Å². The van der Waals surface area contributed by atoms with Crippen molar-refractivity contribution in [3.05, 3.63) is 59.9 Å². The van der Waals surface area contributed by atoms with Crippen LogP contribution in [0, 0.1) is 0 Å². The maximum absolute atomic E-state index is 4.62. The normalized spacial score (nSPS) is 15.2. The number of nitrogens with one attached hydrogen (secondary N) is 1. The summed E-state index contributed by atoms with van der Waals surface area (Å²) < 4.78 is 0. The van der Waals surface area contributed by atoms with E-state index >= 15 is 0 Å². The molecular weight excluding hydrogens is 234 g/mol. The third-order valence-electron chi connectivity index (χ3n) is 2.95. The highest BCUT2D eigenvalue weighted by molar-refractivity contribution is 5.66. The predicted molar refractivity (Wildman–Crippen MR) is 79.1 cm³/mol. The second-order valence-electron chi connectivity index (χ2n) is 4.39. The molecule has 2 heterocycles. The van der Waals surface area contributed by atoms with Crippen molar-refractivity contribution in [2.45, 2.75) is 12.8 Å². The minimum Gasteiger partial charge on any atom is -0.325 e. The second kappa shape index (κ2) is 5.48. The number of anilines is 2. The van der Waals surface area contributed by atoms with E-state index in [1.54, 1.807) is 6.20 Å². The third-order valence-corrected chi connectivity index (χ3v) is 2.95. The van der Waals surface area contributed by atoms with Gasteiger partial charge in [-0.25, -0.2) is 9.97 Å². The Morgan fingerprint density at radius 3 is 2.63 bits per heavy atom. The van der Waals surface area contributed by atoms with Crippen LogP contribution in [-0.2, 0) is 0 Å². The molecule has 3 rings (SSSR count). The molecule has 0 aromatic carbocycles. The van der Waals surface area contributed by atoms with E-state index in [1.165, 1.54) is 0 Å². The number of aromatic nitrogens is 2. The summed E-state index contributed by atoms with van der Waals surface area (Å²) in [6.45, 7) is 0. The van der Waals surface area contributed by atoms with Crippen molar-refractivity contribution < 1.29 is 0 Å². The van der Waals surface area contributed by atoms with Crippen molar-refractivity contribution in [1.82, 2.24) is 9.97 Å². The van der Waals surface area contributed by atoms with Crippen molar-refractivity contribution in [2.24, 2.45) is 0 Å². The molecule has 0 amide bonds. The minimum atomic E-state index is 0.806. The Balaban J connectivity index is 1.90. The van der Waals surface area contributed by atoms with E-state index < -0.39 is 0 Å². The topological polar surface area (TPSA) is 37.8 Å². The molecule has 1 aliphatic rings. The lowest BCUT2D eigenvalue weighted by Crippen LogP contribution is -1.98. The molecule has 3 nitrogen and oxygen atoms in total. The van der Waals surface area contributed by atoms with Gasteiger partial charge in [0.1, 0.15) is 11.6 Å². The number of rotatable bonds is 2. The standard InChI is InChI=1S/C16H15N3/c1-2-4-8-14-13(7-3-1)10-11-16(18-14)19-15-9-5-6-12-17-15/h3-12H,1-2H2,(H,17,18,19)/b7-3-,8-4?. The molecule has 0 saturated carbocycles. The van der Waals surface area contributed by atoms with E-state index in [-0.39, 0.29) is 0 Å². The van der Waals surface area contributed by atoms with Crippen LogP contribution >= 0.6 is 0 Å². The van der Waals surface area contributed by atoms with Gasteiger partial charge in [-0.3, -0.25) is 0 Å². The van der Waals surface area contributed by atoms with E-state index in [1.807, 2.05) is 24.3 Å². The fourth-order valence-corrected chi connectivity index (χ4v) is 2.00. The first-order valence-corrected chi connectivity index (χ1v) is 6.44. The Morgan fingerprint density at radius 1 is 0.895 bits per heavy atom. The van der Waals surface area contributed by atoms with Gasteiger partial charge in [0.05, 0.1) is 5.69 Å². The molecule has 0 spiro atoms. The van der Waals surface area contributed by atoms with Crippen LogP contribution in [-0.4, -0.2) is 9.97 Å². The summed E-state index contributed by atoms with van der Waals surface area (Å²) >= 11 is 0. The number of hydrogen-bond donors (Lipinski definition) is 1. The second-order valence-corrected chi connectivity index (χ2v) is 4.39. The number of hydrogen-bond acceptors (Lipinski definition) is 3. The monoisotopic (exact) mass is 249 g/mol. The van der Waals surface area contributed by atoms with E-state index in [0.29, 0.717) is 0 Å². The Kier molecular flexibility index (Phi) is 3.36. The molecule has 0 bridgehead atoms. The quantitative estimate of drug-likeness (QED) is 0.872. The average Bonchev–Trinajstić information content (AvgIpc) is 2.42. The molecule has 19 heavy (non-hydrogen) atoms. The van der Waals surface area contributed by atoms with Gasteiger partial charge in [-0.1, -0.05) is 24.3 Å². The van der Waals surface area contributed by atoms with Crippen molar-refractivity contribution in [1.29, 1.82) is 0 Å². The molecule has 0 fully saturated rings. The number of allylic oxidation sites excluding steroid dienone is 2. The van der Waals surface area contributed by atoms with Gasteiger partial charge in [0.15, 0.2) is 0 Å². The maximum atomic E-state index is 4.62. The summed E-state index contributed by atoms with van der Waals surface area (Å²) in [4.78, 5) is 8.86. The van der Waals surface area contributed by atoms with Crippen LogP contribution in [0.15, 0.2) is 48.7 Å². The molecule has 0 radical (unpaired) electrons. The smallest absolute Gasteiger partial charge is 0.132 e. The van der Waals surface area contributed by atoms with Gasteiger partial charge in [0.25, 0.3) is 0 Å². The van der Waals surface area contributed by atoms with Gasteiger partial charge >= 0.3 is 0 Å². The first-order valence-electron chi connectivity index (χ1n) is 6.44. The lowest BCUT2D eigenvalue weighted by atomic mass is 10.1. The maximum Gasteiger partial charge on any atom is 0.132 e. The summed E-state index contributed by atoms with van der Waals surface area (Å²) in [5, 5.41) is 3.21. The van der Waals surface area contributed by atoms with E-state index in [4.69, 9.17) is 0 Å². The summed E-state index contributed by atoms with van der Waals surface area (Å²) in [5.74, 6) is 1.62. The highest BCUT2D eigenvalue weighted by Gasteiger charge is 2.03. The molecule has 2 aromatic heterocycles. The van der Waals surface area contributed by atoms with Crippen LogP contribution in [0.4, 0.5) is 11.6 Å². The fraction of sp³-hybridized carbons (Fsp3) is 0.125. The number of fused-ring (bicyclic) bond motifs is 1. The van der Waals surface area contributed by atoms with Crippen LogP contribution < -0.4 is 5.32 Å². The third kappa shape index (κ3) is 2.88. The summed E-state index contributed by atoms with van der Waals surface area (Å²) in [7, 11) is 0. The molecule has 94 valence electrons. The van der Waals surface area contributed by atoms with Gasteiger partial charge in [0, 0.05) is 6.20 Å². The van der Waals surface area contributed by atoms with Crippen LogP contribution in [0.1, 0.15) is 24.1 Å². The summed E-state index contributed by atoms with van der Waals surface area (Å²) in [6.07, 6.45) is 12.5. The number of pyridine rings is 2. The van der Waals surface area contributed by atoms with Crippen molar-refractivity contribution >= 4 is 23.8 Å². The minimum absolute atomic E-state index is 0.806. The van der Waals surface area contributed by atoms with E-state index in [2.05, 4.69) is 45.7 Å². The lowest BCUT2D eigenvalue weighted by molar-refractivity contribution is 1.06. The Hall–Kier alpha value is -2.42. The Bertz CT molecular complexity index is 615. The lowest BCUT2D eigenvalue weighted by Gasteiger charge is -2.08. The van der Waals surface area contributed by atoms with Gasteiger partial charge < -0.3 is 5.32 Å². The predicted octanol–water partition coefficient (Wildman–Crippen LogP) is 4.04. The van der Waals surface area contributed by atoms with Crippen molar-refractivity contribution in [2.75, 3.05) is 5.32 Å². The SMILES string of the molecule is C1=Cc2nc(Nc3ccccn3)ccc2/C=C\CC1. The van der Waals surface area contributed by atoms with Gasteiger partial charge in [-0.2, -0.15) is 0 Å². The van der Waals surface area contributed by atoms with Crippen molar-refractivity contribution in [3.8, 4) is 0 Å². The van der Waals surface area contributed by atoms with Gasteiger partial charge in [-0.05, 0) is 48.7 Å². The Morgan fingerprint density at radius 2 is 1.79 bits per heavy atom. The Labute approximate surface area is 112 Å². The summed E-state index contributed by atoms with van der Waals surface area (Å²) in [6, 6.07) is 9.83. The van der Waals surface area contributed by atoms with Crippen LogP contribution in [0.2, 0.25) is 0 Å². The molecule has 1 aliphatic carbocycles. The molecule has 0 saturated heterocycles. The molecule has 0 atom stereocenters. The molecule has 0 aliphatic heterocycles. The van der Waals surface area contributed by atoms with E-state index in [9.17, 15) is 0 Å². The highest BCUT2D eigenvalue weighted by atomic mass is 15.0. The average molecular weight is 249 g/mol. The van der Waals surface area contributed by atoms with Crippen LogP contribution in [0.3, 0.4) is 0 Å². The van der Waals surface area contributed by atoms with Gasteiger partial charge in [-0.15, -0.1) is 0 Å². The largest absolute Gasteiger partial charge is 0.325 e. The molecule has 3 heteroatoms. The fourth-order valence-electron chi connectivity index (χ4n) is 2.00. The molecular formula is C16H15N3. The van der Waals surface area contributed by atoms with Crippen LogP contribution in [0.5, 0.6) is 0 Å². The van der Waals surface area contributed by atoms with Crippen LogP contribution in [0.25, 0.3) is 12.2 Å². The molecule has 0 unspecified atom stereocenters. The van der Waals surface area contributed by atoms with Gasteiger partial charge in [0.2, 0.25) is 0 Å². The zero-order chi connectivity index (χ0) is 12.9. The zero-order valence-corrected chi connectivity index (χ0v) is 10.6. The summed E-state index contributed by atoms with van der Waals surface area (Å²) in [5.41, 5.74) is 2.15.